The highest BCUT2D eigenvalue weighted by molar-refractivity contribution is 5.94. The van der Waals surface area contributed by atoms with Crippen LogP contribution >= 0.6 is 0 Å². The Balaban J connectivity index is 1.25. The first-order chi connectivity index (χ1) is 14.6. The molecule has 1 heterocycles. The van der Waals surface area contributed by atoms with E-state index in [1.807, 2.05) is 61.5 Å². The predicted octanol–water partition coefficient (Wildman–Crippen LogP) is 4.50. The Kier molecular flexibility index (Phi) is 5.93. The molecule has 4 rings (SSSR count). The van der Waals surface area contributed by atoms with Crippen molar-refractivity contribution in [2.75, 3.05) is 5.32 Å². The lowest BCUT2D eigenvalue weighted by Crippen LogP contribution is -2.26. The summed E-state index contributed by atoms with van der Waals surface area (Å²) in [4.78, 5) is 28.4. The molecule has 1 fully saturated rings. The molecular weight excluding hydrogens is 378 g/mol. The second kappa shape index (κ2) is 8.95. The third-order valence-electron chi connectivity index (χ3n) is 5.18. The third-order valence-corrected chi connectivity index (χ3v) is 5.18. The van der Waals surface area contributed by atoms with Crippen molar-refractivity contribution in [3.63, 3.8) is 0 Å². The van der Waals surface area contributed by atoms with Crippen molar-refractivity contribution in [2.45, 2.75) is 38.6 Å². The lowest BCUT2D eigenvalue weighted by Gasteiger charge is -2.15. The van der Waals surface area contributed by atoms with E-state index in [4.69, 9.17) is 4.42 Å². The van der Waals surface area contributed by atoms with Crippen molar-refractivity contribution in [3.8, 4) is 11.3 Å². The van der Waals surface area contributed by atoms with Crippen molar-refractivity contribution >= 4 is 17.5 Å². The summed E-state index contributed by atoms with van der Waals surface area (Å²) in [6.07, 6.45) is 4.39. The normalized spacial score (nSPS) is 14.2. The zero-order chi connectivity index (χ0) is 20.9. The molecule has 2 aromatic carbocycles. The zero-order valence-corrected chi connectivity index (χ0v) is 16.9. The number of amides is 2. The average molecular weight is 403 g/mol. The van der Waals surface area contributed by atoms with E-state index in [1.165, 1.54) is 0 Å². The smallest absolute Gasteiger partial charge is 0.227 e. The molecule has 0 saturated heterocycles. The van der Waals surface area contributed by atoms with Crippen LogP contribution in [0, 0.1) is 5.92 Å². The lowest BCUT2D eigenvalue weighted by molar-refractivity contribution is -0.121. The van der Waals surface area contributed by atoms with Gasteiger partial charge in [-0.15, -0.1) is 0 Å². The Morgan fingerprint density at radius 1 is 1.10 bits per heavy atom. The van der Waals surface area contributed by atoms with E-state index >= 15 is 0 Å². The van der Waals surface area contributed by atoms with Crippen LogP contribution in [0.3, 0.4) is 0 Å². The van der Waals surface area contributed by atoms with Gasteiger partial charge < -0.3 is 15.1 Å². The fraction of sp³-hybridized carbons (Fsp3) is 0.292. The number of hydrogen-bond acceptors (Lipinski definition) is 4. The number of nitrogens with one attached hydrogen (secondary N) is 2. The number of nitrogens with zero attached hydrogens (tertiary/aromatic N) is 1. The molecule has 6 nitrogen and oxygen atoms in total. The van der Waals surface area contributed by atoms with Crippen LogP contribution in [0.25, 0.3) is 11.3 Å². The first-order valence-electron chi connectivity index (χ1n) is 10.3. The molecule has 1 aromatic heterocycles. The molecule has 0 spiro atoms. The maximum atomic E-state index is 12.3. The Labute approximate surface area is 175 Å². The van der Waals surface area contributed by atoms with Gasteiger partial charge in [0.05, 0.1) is 12.2 Å². The van der Waals surface area contributed by atoms with Crippen LogP contribution in [-0.4, -0.2) is 16.8 Å². The fourth-order valence-electron chi connectivity index (χ4n) is 3.22. The van der Waals surface area contributed by atoms with Crippen molar-refractivity contribution in [1.29, 1.82) is 0 Å². The monoisotopic (exact) mass is 403 g/mol. The highest BCUT2D eigenvalue weighted by Crippen LogP contribution is 2.30. The van der Waals surface area contributed by atoms with Crippen molar-refractivity contribution < 1.29 is 14.0 Å². The van der Waals surface area contributed by atoms with Crippen molar-refractivity contribution in [3.05, 3.63) is 72.2 Å². The van der Waals surface area contributed by atoms with Crippen molar-refractivity contribution in [1.82, 2.24) is 10.3 Å². The van der Waals surface area contributed by atoms with E-state index in [1.54, 1.807) is 6.20 Å². The molecule has 2 amide bonds. The summed E-state index contributed by atoms with van der Waals surface area (Å²) in [6, 6.07) is 17.2. The standard InChI is InChI=1S/C24H25N3O3/c1-16(17-9-11-20(12-10-17)27-24(29)19-7-8-19)26-22(28)13-14-23-25-15-21(30-23)18-5-3-2-4-6-18/h2-6,9-12,15-16,19H,7-8,13-14H2,1H3,(H,26,28)(H,27,29). The molecule has 30 heavy (non-hydrogen) atoms. The quantitative estimate of drug-likeness (QED) is 0.580. The van der Waals surface area contributed by atoms with E-state index in [0.717, 1.165) is 29.7 Å². The molecule has 1 aliphatic carbocycles. The van der Waals surface area contributed by atoms with Gasteiger partial charge in [0.15, 0.2) is 11.7 Å². The van der Waals surface area contributed by atoms with E-state index in [2.05, 4.69) is 15.6 Å². The number of carbonyl (C=O) groups excluding carboxylic acids is 2. The molecule has 2 N–H and O–H groups in total. The summed E-state index contributed by atoms with van der Waals surface area (Å²) in [6.45, 7) is 1.94. The summed E-state index contributed by atoms with van der Waals surface area (Å²) in [7, 11) is 0. The molecule has 0 aliphatic heterocycles. The van der Waals surface area contributed by atoms with Gasteiger partial charge in [-0.25, -0.2) is 4.98 Å². The van der Waals surface area contributed by atoms with Gasteiger partial charge in [0.2, 0.25) is 11.8 Å². The largest absolute Gasteiger partial charge is 0.441 e. The second-order valence-corrected chi connectivity index (χ2v) is 7.66. The Hall–Kier alpha value is -3.41. The van der Waals surface area contributed by atoms with Crippen LogP contribution < -0.4 is 10.6 Å². The first kappa shape index (κ1) is 19.9. The molecule has 1 aliphatic rings. The molecule has 1 unspecified atom stereocenters. The number of carbonyl (C=O) groups is 2. The maximum absolute atomic E-state index is 12.3. The van der Waals surface area contributed by atoms with Crippen LogP contribution in [0.5, 0.6) is 0 Å². The zero-order valence-electron chi connectivity index (χ0n) is 16.9. The van der Waals surface area contributed by atoms with Gasteiger partial charge in [0.25, 0.3) is 0 Å². The number of aromatic nitrogens is 1. The maximum Gasteiger partial charge on any atom is 0.227 e. The first-order valence-corrected chi connectivity index (χ1v) is 10.3. The van der Waals surface area contributed by atoms with Crippen LogP contribution in [-0.2, 0) is 16.0 Å². The molecule has 6 heteroatoms. The van der Waals surface area contributed by atoms with E-state index in [9.17, 15) is 9.59 Å². The van der Waals surface area contributed by atoms with Gasteiger partial charge >= 0.3 is 0 Å². The molecule has 0 radical (unpaired) electrons. The highest BCUT2D eigenvalue weighted by Gasteiger charge is 2.29. The lowest BCUT2D eigenvalue weighted by atomic mass is 10.1. The summed E-state index contributed by atoms with van der Waals surface area (Å²) in [5, 5.41) is 5.92. The van der Waals surface area contributed by atoms with Gasteiger partial charge in [-0.1, -0.05) is 42.5 Å². The van der Waals surface area contributed by atoms with Crippen LogP contribution in [0.4, 0.5) is 5.69 Å². The fourth-order valence-corrected chi connectivity index (χ4v) is 3.22. The summed E-state index contributed by atoms with van der Waals surface area (Å²) < 4.78 is 5.75. The number of aryl methyl sites for hydroxylation is 1. The topological polar surface area (TPSA) is 84.2 Å². The molecule has 1 atom stereocenters. The van der Waals surface area contributed by atoms with Gasteiger partial charge in [0, 0.05) is 30.0 Å². The number of rotatable bonds is 8. The van der Waals surface area contributed by atoms with Gasteiger partial charge in [0.1, 0.15) is 0 Å². The number of benzene rings is 2. The van der Waals surface area contributed by atoms with Gasteiger partial charge in [-0.2, -0.15) is 0 Å². The van der Waals surface area contributed by atoms with Gasteiger partial charge in [-0.05, 0) is 37.5 Å². The molecule has 154 valence electrons. The average Bonchev–Trinajstić information content (AvgIpc) is 3.51. The van der Waals surface area contributed by atoms with Crippen LogP contribution in [0.2, 0.25) is 0 Å². The van der Waals surface area contributed by atoms with E-state index in [-0.39, 0.29) is 23.8 Å². The van der Waals surface area contributed by atoms with Crippen molar-refractivity contribution in [2.24, 2.45) is 5.92 Å². The summed E-state index contributed by atoms with van der Waals surface area (Å²) in [5.41, 5.74) is 2.73. The van der Waals surface area contributed by atoms with Crippen LogP contribution in [0.15, 0.2) is 65.2 Å². The van der Waals surface area contributed by atoms with Crippen LogP contribution in [0.1, 0.15) is 43.7 Å². The highest BCUT2D eigenvalue weighted by atomic mass is 16.4. The Morgan fingerprint density at radius 2 is 1.83 bits per heavy atom. The third kappa shape index (κ3) is 5.14. The number of anilines is 1. The predicted molar refractivity (Wildman–Crippen MR) is 115 cm³/mol. The minimum Gasteiger partial charge on any atom is -0.441 e. The SMILES string of the molecule is CC(NC(=O)CCc1ncc(-c2ccccc2)o1)c1ccc(NC(=O)C2CC2)cc1. The summed E-state index contributed by atoms with van der Waals surface area (Å²) >= 11 is 0. The van der Waals surface area contributed by atoms with E-state index < -0.39 is 0 Å². The number of oxazole rings is 1. The Bertz CT molecular complexity index is 1010. The number of hydrogen-bond donors (Lipinski definition) is 2. The molecule has 1 saturated carbocycles. The van der Waals surface area contributed by atoms with E-state index in [0.29, 0.717) is 24.5 Å². The van der Waals surface area contributed by atoms with Gasteiger partial charge in [-0.3, -0.25) is 9.59 Å². The molecule has 0 bridgehead atoms. The molecule has 3 aromatic rings. The molecular formula is C24H25N3O3. The minimum atomic E-state index is -0.130. The summed E-state index contributed by atoms with van der Waals surface area (Å²) in [5.74, 6) is 1.45. The Morgan fingerprint density at radius 3 is 2.53 bits per heavy atom. The second-order valence-electron chi connectivity index (χ2n) is 7.66. The minimum absolute atomic E-state index is 0.0620.